The fourth-order valence-corrected chi connectivity index (χ4v) is 4.72. The van der Waals surface area contributed by atoms with E-state index in [0.717, 1.165) is 23.7 Å². The van der Waals surface area contributed by atoms with Crippen molar-refractivity contribution < 1.29 is 4.79 Å². The number of halogens is 1. The summed E-state index contributed by atoms with van der Waals surface area (Å²) in [6.45, 7) is 1.00. The summed E-state index contributed by atoms with van der Waals surface area (Å²) in [7, 11) is 0. The van der Waals surface area contributed by atoms with Gasteiger partial charge in [-0.15, -0.1) is 0 Å². The molecule has 2 nitrogen and oxygen atoms in total. The van der Waals surface area contributed by atoms with E-state index in [1.54, 1.807) is 0 Å². The zero-order valence-corrected chi connectivity index (χ0v) is 11.3. The Labute approximate surface area is 106 Å². The SMILES string of the molecule is O=C(C1CC2CCC1C2)N1CCCC1CBr. The molecule has 16 heavy (non-hydrogen) atoms. The first kappa shape index (κ1) is 11.1. The first-order chi connectivity index (χ1) is 7.79. The third-order valence-electron chi connectivity index (χ3n) is 4.89. The number of carbonyl (C=O) groups excluding carboxylic acids is 1. The smallest absolute Gasteiger partial charge is 0.226 e. The number of hydrogen-bond donors (Lipinski definition) is 0. The largest absolute Gasteiger partial charge is 0.339 e. The Kier molecular flexibility index (Phi) is 2.99. The third kappa shape index (κ3) is 1.71. The van der Waals surface area contributed by atoms with E-state index in [2.05, 4.69) is 20.8 Å². The van der Waals surface area contributed by atoms with Crippen molar-refractivity contribution in [3.05, 3.63) is 0 Å². The lowest BCUT2D eigenvalue weighted by Crippen LogP contribution is -2.41. The molecular formula is C13H20BrNO. The molecule has 0 aromatic heterocycles. The minimum Gasteiger partial charge on any atom is -0.339 e. The Hall–Kier alpha value is -0.0500. The van der Waals surface area contributed by atoms with Crippen molar-refractivity contribution in [2.24, 2.45) is 17.8 Å². The lowest BCUT2D eigenvalue weighted by atomic mass is 9.87. The second-order valence-electron chi connectivity index (χ2n) is 5.76. The molecule has 2 bridgehead atoms. The molecule has 3 fully saturated rings. The van der Waals surface area contributed by atoms with E-state index in [-0.39, 0.29) is 0 Å². The van der Waals surface area contributed by atoms with E-state index < -0.39 is 0 Å². The van der Waals surface area contributed by atoms with E-state index in [1.807, 2.05) is 0 Å². The van der Waals surface area contributed by atoms with Crippen LogP contribution in [0.25, 0.3) is 0 Å². The summed E-state index contributed by atoms with van der Waals surface area (Å²) in [6, 6.07) is 0.478. The standard InChI is InChI=1S/C13H20BrNO/c14-8-11-2-1-5-15(11)13(16)12-7-9-3-4-10(12)6-9/h9-12H,1-8H2. The van der Waals surface area contributed by atoms with Crippen LogP contribution in [0.2, 0.25) is 0 Å². The van der Waals surface area contributed by atoms with Crippen LogP contribution in [-0.4, -0.2) is 28.7 Å². The predicted octanol–water partition coefficient (Wildman–Crippen LogP) is 2.81. The highest BCUT2D eigenvalue weighted by molar-refractivity contribution is 9.09. The van der Waals surface area contributed by atoms with Crippen molar-refractivity contribution in [2.75, 3.05) is 11.9 Å². The molecule has 3 rings (SSSR count). The van der Waals surface area contributed by atoms with Gasteiger partial charge in [0.15, 0.2) is 0 Å². The van der Waals surface area contributed by atoms with E-state index in [9.17, 15) is 4.79 Å². The first-order valence-electron chi connectivity index (χ1n) is 6.66. The van der Waals surface area contributed by atoms with Gasteiger partial charge in [-0.1, -0.05) is 22.4 Å². The predicted molar refractivity (Wildman–Crippen MR) is 67.5 cm³/mol. The molecule has 0 N–H and O–H groups in total. The van der Waals surface area contributed by atoms with Crippen molar-refractivity contribution in [3.63, 3.8) is 0 Å². The molecule has 1 heterocycles. The van der Waals surface area contributed by atoms with Gasteiger partial charge in [0.25, 0.3) is 0 Å². The van der Waals surface area contributed by atoms with Gasteiger partial charge >= 0.3 is 0 Å². The highest BCUT2D eigenvalue weighted by atomic mass is 79.9. The minimum atomic E-state index is 0.387. The monoisotopic (exact) mass is 285 g/mol. The number of hydrogen-bond acceptors (Lipinski definition) is 1. The molecule has 2 aliphatic carbocycles. The Morgan fingerprint density at radius 1 is 1.25 bits per heavy atom. The molecule has 3 heteroatoms. The summed E-state index contributed by atoms with van der Waals surface area (Å²) < 4.78 is 0. The molecule has 0 spiro atoms. The Morgan fingerprint density at radius 2 is 2.12 bits per heavy atom. The van der Waals surface area contributed by atoms with Crippen LogP contribution in [-0.2, 0) is 4.79 Å². The van der Waals surface area contributed by atoms with E-state index in [4.69, 9.17) is 0 Å². The van der Waals surface area contributed by atoms with Crippen LogP contribution in [0, 0.1) is 17.8 Å². The lowest BCUT2D eigenvalue weighted by molar-refractivity contribution is -0.137. The zero-order chi connectivity index (χ0) is 11.1. The van der Waals surface area contributed by atoms with Crippen molar-refractivity contribution >= 4 is 21.8 Å². The second kappa shape index (κ2) is 4.32. The number of rotatable bonds is 2. The fourth-order valence-electron chi connectivity index (χ4n) is 4.05. The van der Waals surface area contributed by atoms with E-state index >= 15 is 0 Å². The maximum Gasteiger partial charge on any atom is 0.226 e. The Balaban J connectivity index is 1.68. The van der Waals surface area contributed by atoms with Crippen molar-refractivity contribution in [2.45, 2.75) is 44.6 Å². The molecule has 1 amide bonds. The summed E-state index contributed by atoms with van der Waals surface area (Å²) in [5, 5.41) is 0.958. The molecule has 90 valence electrons. The molecule has 0 radical (unpaired) electrons. The van der Waals surface area contributed by atoms with Crippen LogP contribution < -0.4 is 0 Å². The molecule has 3 aliphatic rings. The van der Waals surface area contributed by atoms with Gasteiger partial charge in [-0.05, 0) is 43.9 Å². The second-order valence-corrected chi connectivity index (χ2v) is 6.41. The summed E-state index contributed by atoms with van der Waals surface area (Å²) >= 11 is 3.54. The van der Waals surface area contributed by atoms with Gasteiger partial charge in [0.1, 0.15) is 0 Å². The van der Waals surface area contributed by atoms with Crippen LogP contribution in [0.5, 0.6) is 0 Å². The number of nitrogens with zero attached hydrogens (tertiary/aromatic N) is 1. The van der Waals surface area contributed by atoms with Crippen LogP contribution in [0.4, 0.5) is 0 Å². The van der Waals surface area contributed by atoms with Crippen molar-refractivity contribution in [1.29, 1.82) is 0 Å². The van der Waals surface area contributed by atoms with Gasteiger partial charge in [-0.3, -0.25) is 4.79 Å². The molecule has 0 aromatic carbocycles. The summed E-state index contributed by atoms with van der Waals surface area (Å²) in [4.78, 5) is 14.7. The highest BCUT2D eigenvalue weighted by Crippen LogP contribution is 2.49. The molecular weight excluding hydrogens is 266 g/mol. The number of carbonyl (C=O) groups is 1. The number of fused-ring (bicyclic) bond motifs is 2. The number of likely N-dealkylation sites (tertiary alicyclic amines) is 1. The maximum atomic E-state index is 12.5. The number of amides is 1. The van der Waals surface area contributed by atoms with E-state index in [1.165, 1.54) is 38.5 Å². The van der Waals surface area contributed by atoms with Gasteiger partial charge < -0.3 is 4.90 Å². The summed E-state index contributed by atoms with van der Waals surface area (Å²) in [5.74, 6) is 2.48. The van der Waals surface area contributed by atoms with E-state index in [0.29, 0.717) is 17.9 Å². The van der Waals surface area contributed by atoms with Crippen LogP contribution in [0.1, 0.15) is 38.5 Å². The molecule has 2 saturated carbocycles. The Bertz CT molecular complexity index is 286. The molecule has 4 atom stereocenters. The first-order valence-corrected chi connectivity index (χ1v) is 7.78. The molecule has 1 saturated heterocycles. The Morgan fingerprint density at radius 3 is 2.75 bits per heavy atom. The van der Waals surface area contributed by atoms with Crippen molar-refractivity contribution in [1.82, 2.24) is 4.90 Å². The quantitative estimate of drug-likeness (QED) is 0.715. The fraction of sp³-hybridized carbons (Fsp3) is 0.923. The van der Waals surface area contributed by atoms with Gasteiger partial charge in [-0.2, -0.15) is 0 Å². The molecule has 1 aliphatic heterocycles. The van der Waals surface area contributed by atoms with Gasteiger partial charge in [0, 0.05) is 23.8 Å². The van der Waals surface area contributed by atoms with Gasteiger partial charge in [-0.25, -0.2) is 0 Å². The van der Waals surface area contributed by atoms with Gasteiger partial charge in [0.2, 0.25) is 5.91 Å². The lowest BCUT2D eigenvalue weighted by Gasteiger charge is -2.30. The molecule has 4 unspecified atom stereocenters. The minimum absolute atomic E-state index is 0.387. The highest BCUT2D eigenvalue weighted by Gasteiger charge is 2.45. The average Bonchev–Trinajstić information content (AvgIpc) is 3.02. The van der Waals surface area contributed by atoms with Crippen molar-refractivity contribution in [3.8, 4) is 0 Å². The summed E-state index contributed by atoms with van der Waals surface area (Å²) in [5.41, 5.74) is 0. The summed E-state index contributed by atoms with van der Waals surface area (Å²) in [6.07, 6.45) is 7.61. The van der Waals surface area contributed by atoms with Crippen LogP contribution >= 0.6 is 15.9 Å². The normalized spacial score (nSPS) is 41.9. The van der Waals surface area contributed by atoms with Crippen LogP contribution in [0.15, 0.2) is 0 Å². The zero-order valence-electron chi connectivity index (χ0n) is 9.70. The molecule has 0 aromatic rings. The average molecular weight is 286 g/mol. The topological polar surface area (TPSA) is 20.3 Å². The number of alkyl halides is 1. The maximum absolute atomic E-state index is 12.5. The van der Waals surface area contributed by atoms with Crippen LogP contribution in [0.3, 0.4) is 0 Å². The third-order valence-corrected chi connectivity index (χ3v) is 5.64. The van der Waals surface area contributed by atoms with Gasteiger partial charge in [0.05, 0.1) is 0 Å².